The first-order chi connectivity index (χ1) is 29.8. The second kappa shape index (κ2) is 15.3. The van der Waals surface area contributed by atoms with Gasteiger partial charge in [-0.05, 0) is 80.0 Å². The van der Waals surface area contributed by atoms with Gasteiger partial charge in [0.15, 0.2) is 0 Å². The van der Waals surface area contributed by atoms with E-state index in [1.807, 2.05) is 11.3 Å². The SMILES string of the molecule is c1ccc(-c2ccccc2-c2c(-c3ccccc3)cccc2N(c2ccc(-c3cccc4ccccc34)cc2)c2ccccc2-c2cccc3c2sc2ccccc23)cc1. The van der Waals surface area contributed by atoms with E-state index < -0.39 is 0 Å². The van der Waals surface area contributed by atoms with E-state index in [2.05, 4.69) is 241 Å². The normalized spacial score (nSPS) is 11.3. The maximum atomic E-state index is 2.50. The molecule has 0 radical (unpaired) electrons. The zero-order valence-electron chi connectivity index (χ0n) is 32.9. The Morgan fingerprint density at radius 1 is 0.283 bits per heavy atom. The van der Waals surface area contributed by atoms with E-state index in [4.69, 9.17) is 0 Å². The van der Waals surface area contributed by atoms with Crippen LogP contribution in [0.4, 0.5) is 17.1 Å². The summed E-state index contributed by atoms with van der Waals surface area (Å²) in [5.74, 6) is 0. The Hall–Kier alpha value is -7.52. The molecule has 60 heavy (non-hydrogen) atoms. The lowest BCUT2D eigenvalue weighted by molar-refractivity contribution is 1.28. The molecule has 0 saturated carbocycles. The summed E-state index contributed by atoms with van der Waals surface area (Å²) in [5, 5.41) is 5.08. The Morgan fingerprint density at radius 2 is 0.783 bits per heavy atom. The van der Waals surface area contributed by atoms with Crippen molar-refractivity contribution < 1.29 is 0 Å². The third-order valence-electron chi connectivity index (χ3n) is 11.7. The molecule has 0 atom stereocenters. The third-order valence-corrected chi connectivity index (χ3v) is 12.9. The maximum absolute atomic E-state index is 2.50. The van der Waals surface area contributed by atoms with E-state index in [-0.39, 0.29) is 0 Å². The van der Waals surface area contributed by atoms with Crippen LogP contribution in [0.5, 0.6) is 0 Å². The molecule has 0 unspecified atom stereocenters. The quantitative estimate of drug-likeness (QED) is 0.148. The van der Waals surface area contributed by atoms with Gasteiger partial charge < -0.3 is 4.90 Å². The Labute approximate surface area is 354 Å². The average Bonchev–Trinajstić information content (AvgIpc) is 3.72. The minimum absolute atomic E-state index is 1.08. The fraction of sp³-hybridized carbons (Fsp3) is 0. The van der Waals surface area contributed by atoms with Gasteiger partial charge in [-0.25, -0.2) is 0 Å². The third kappa shape index (κ3) is 6.26. The minimum atomic E-state index is 1.08. The summed E-state index contributed by atoms with van der Waals surface area (Å²) in [6.45, 7) is 0. The van der Waals surface area contributed by atoms with E-state index in [0.29, 0.717) is 0 Å². The standard InChI is InChI=1S/C58H39NS/c1-3-18-40(19-4-1)47-25-9-10-28-51(47)57-48(42-20-5-2-6-21-42)30-17-34-55(57)59(44-38-36-43(37-39-44)46-29-15-23-41-22-7-8-24-45(41)46)54-33-13-11-26-49(54)52-31-16-32-53-50-27-12-14-35-56(50)60-58(52)53/h1-39H. The van der Waals surface area contributed by atoms with Crippen molar-refractivity contribution in [1.29, 1.82) is 0 Å². The largest absolute Gasteiger partial charge is 0.309 e. The molecule has 11 aromatic rings. The van der Waals surface area contributed by atoms with Gasteiger partial charge in [-0.15, -0.1) is 11.3 Å². The van der Waals surface area contributed by atoms with Gasteiger partial charge in [0.2, 0.25) is 0 Å². The molecule has 0 bridgehead atoms. The number of anilines is 3. The number of hydrogen-bond acceptors (Lipinski definition) is 2. The average molecular weight is 782 g/mol. The molecule has 10 aromatic carbocycles. The summed E-state index contributed by atoms with van der Waals surface area (Å²) in [6.07, 6.45) is 0. The molecule has 0 aliphatic heterocycles. The van der Waals surface area contributed by atoms with Crippen molar-refractivity contribution in [2.75, 3.05) is 4.90 Å². The molecule has 1 heterocycles. The monoisotopic (exact) mass is 781 g/mol. The molecule has 11 rings (SSSR count). The van der Waals surface area contributed by atoms with Crippen LogP contribution >= 0.6 is 11.3 Å². The van der Waals surface area contributed by atoms with Gasteiger partial charge in [-0.3, -0.25) is 0 Å². The second-order valence-electron chi connectivity index (χ2n) is 15.2. The van der Waals surface area contributed by atoms with Gasteiger partial charge in [-0.2, -0.15) is 0 Å². The summed E-state index contributed by atoms with van der Waals surface area (Å²) < 4.78 is 2.60. The number of hydrogen-bond donors (Lipinski definition) is 0. The van der Waals surface area contributed by atoms with Gasteiger partial charge in [-0.1, -0.05) is 206 Å². The van der Waals surface area contributed by atoms with Gasteiger partial charge in [0.1, 0.15) is 0 Å². The molecule has 1 aromatic heterocycles. The van der Waals surface area contributed by atoms with E-state index in [1.54, 1.807) is 0 Å². The second-order valence-corrected chi connectivity index (χ2v) is 16.2. The van der Waals surface area contributed by atoms with Crippen LogP contribution in [0, 0.1) is 0 Å². The molecule has 0 spiro atoms. The lowest BCUT2D eigenvalue weighted by Gasteiger charge is -2.31. The molecular formula is C58H39NS. The summed E-state index contributed by atoms with van der Waals surface area (Å²) in [4.78, 5) is 2.50. The van der Waals surface area contributed by atoms with Crippen molar-refractivity contribution in [3.8, 4) is 55.6 Å². The molecule has 0 N–H and O–H groups in total. The summed E-state index contributed by atoms with van der Waals surface area (Å²) >= 11 is 1.88. The fourth-order valence-electron chi connectivity index (χ4n) is 8.97. The van der Waals surface area contributed by atoms with Crippen LogP contribution < -0.4 is 4.90 Å². The number of fused-ring (bicyclic) bond motifs is 4. The molecule has 0 aliphatic rings. The molecule has 2 heteroatoms. The lowest BCUT2D eigenvalue weighted by atomic mass is 9.87. The van der Waals surface area contributed by atoms with E-state index in [9.17, 15) is 0 Å². The van der Waals surface area contributed by atoms with Gasteiger partial charge in [0.05, 0.1) is 11.4 Å². The van der Waals surface area contributed by atoms with Crippen LogP contribution in [0.1, 0.15) is 0 Å². The van der Waals surface area contributed by atoms with Crippen molar-refractivity contribution in [2.24, 2.45) is 0 Å². The first kappa shape index (κ1) is 35.6. The number of para-hydroxylation sites is 1. The van der Waals surface area contributed by atoms with Gasteiger partial charge in [0.25, 0.3) is 0 Å². The number of rotatable bonds is 8. The molecule has 0 fully saturated rings. The van der Waals surface area contributed by atoms with Crippen molar-refractivity contribution in [1.82, 2.24) is 0 Å². The highest BCUT2D eigenvalue weighted by Gasteiger charge is 2.25. The topological polar surface area (TPSA) is 3.24 Å². The Morgan fingerprint density at radius 3 is 1.58 bits per heavy atom. The highest BCUT2D eigenvalue weighted by molar-refractivity contribution is 7.26. The van der Waals surface area contributed by atoms with Crippen molar-refractivity contribution in [2.45, 2.75) is 0 Å². The summed E-state index contributed by atoms with van der Waals surface area (Å²) in [6, 6.07) is 86.2. The van der Waals surface area contributed by atoms with Crippen molar-refractivity contribution in [3.63, 3.8) is 0 Å². The number of nitrogens with zero attached hydrogens (tertiary/aromatic N) is 1. The maximum Gasteiger partial charge on any atom is 0.0546 e. The van der Waals surface area contributed by atoms with Crippen LogP contribution in [0.15, 0.2) is 237 Å². The van der Waals surface area contributed by atoms with Crippen LogP contribution in [0.25, 0.3) is 86.6 Å². The first-order valence-electron chi connectivity index (χ1n) is 20.5. The molecule has 0 saturated heterocycles. The van der Waals surface area contributed by atoms with Crippen LogP contribution in [0.2, 0.25) is 0 Å². The molecule has 282 valence electrons. The molecule has 0 amide bonds. The predicted octanol–water partition coefficient (Wildman–Crippen LogP) is 17.0. The van der Waals surface area contributed by atoms with Gasteiger partial charge >= 0.3 is 0 Å². The Kier molecular flexibility index (Phi) is 9.11. The summed E-state index contributed by atoms with van der Waals surface area (Å²) in [7, 11) is 0. The zero-order valence-corrected chi connectivity index (χ0v) is 33.7. The number of benzene rings is 10. The van der Waals surface area contributed by atoms with E-state index in [0.717, 1.165) is 17.1 Å². The first-order valence-corrected chi connectivity index (χ1v) is 21.3. The van der Waals surface area contributed by atoms with Crippen LogP contribution in [-0.2, 0) is 0 Å². The predicted molar refractivity (Wildman–Crippen MR) is 259 cm³/mol. The lowest BCUT2D eigenvalue weighted by Crippen LogP contribution is -2.13. The van der Waals surface area contributed by atoms with Crippen LogP contribution in [-0.4, -0.2) is 0 Å². The molecule has 0 aliphatic carbocycles. The Bertz CT molecular complexity index is 3300. The highest BCUT2D eigenvalue weighted by atomic mass is 32.1. The van der Waals surface area contributed by atoms with Crippen molar-refractivity contribution in [3.05, 3.63) is 237 Å². The van der Waals surface area contributed by atoms with Crippen LogP contribution in [0.3, 0.4) is 0 Å². The summed E-state index contributed by atoms with van der Waals surface area (Å²) in [5.41, 5.74) is 15.2. The van der Waals surface area contributed by atoms with E-state index >= 15 is 0 Å². The van der Waals surface area contributed by atoms with E-state index in [1.165, 1.54) is 86.6 Å². The minimum Gasteiger partial charge on any atom is -0.309 e. The van der Waals surface area contributed by atoms with Crippen molar-refractivity contribution >= 4 is 59.3 Å². The smallest absolute Gasteiger partial charge is 0.0546 e. The number of thiophene rings is 1. The molecular weight excluding hydrogens is 743 g/mol. The fourth-order valence-corrected chi connectivity index (χ4v) is 10.2. The van der Waals surface area contributed by atoms with Gasteiger partial charge in [0, 0.05) is 42.6 Å². The zero-order chi connectivity index (χ0) is 39.8. The highest BCUT2D eigenvalue weighted by Crippen LogP contribution is 2.51. The molecule has 1 nitrogen and oxygen atoms in total. The Balaban J connectivity index is 1.20.